The number of hydrogen-bond donors (Lipinski definition) is 0. The molecule has 0 bridgehead atoms. The summed E-state index contributed by atoms with van der Waals surface area (Å²) >= 11 is 0. The molecule has 0 heterocycles. The van der Waals surface area contributed by atoms with Crippen molar-refractivity contribution < 1.29 is 29.0 Å². The summed E-state index contributed by atoms with van der Waals surface area (Å²) in [4.78, 5) is 12.3. The Morgan fingerprint density at radius 3 is 1.96 bits per heavy atom. The van der Waals surface area contributed by atoms with E-state index in [0.29, 0.717) is 5.92 Å². The number of unbranched alkanes of at least 4 members (excludes halogenated alkanes) is 2. The minimum absolute atomic E-state index is 0.131. The van der Waals surface area contributed by atoms with Crippen molar-refractivity contribution in [2.45, 2.75) is 95.3 Å². The van der Waals surface area contributed by atoms with Gasteiger partial charge in [0.15, 0.2) is 0 Å². The Balaban J connectivity index is 1.72. The normalized spacial score (nSPS) is 33.2. The molecule has 0 amide bonds. The van der Waals surface area contributed by atoms with Gasteiger partial charge in [-0.25, -0.2) is 0 Å². The highest BCUT2D eigenvalue weighted by Gasteiger charge is 2.69. The van der Waals surface area contributed by atoms with Crippen LogP contribution >= 0.6 is 10.2 Å². The predicted molar refractivity (Wildman–Crippen MR) is 94.9 cm³/mol. The lowest BCUT2D eigenvalue weighted by Crippen LogP contribution is -2.35. The maximum absolute atomic E-state index is 12.8. The van der Waals surface area contributed by atoms with Crippen LogP contribution in [-0.2, 0) is 9.53 Å². The van der Waals surface area contributed by atoms with Gasteiger partial charge in [0, 0.05) is 0 Å². The zero-order valence-electron chi connectivity index (χ0n) is 15.4. The first kappa shape index (κ1) is 21.8. The number of ether oxygens (including phenoxy) is 1. The highest BCUT2D eigenvalue weighted by atomic mass is 32.5. The van der Waals surface area contributed by atoms with Gasteiger partial charge >= 0.3 is 5.97 Å². The van der Waals surface area contributed by atoms with Crippen molar-refractivity contribution in [1.29, 1.82) is 0 Å². The molecule has 0 radical (unpaired) electrons. The van der Waals surface area contributed by atoms with E-state index in [2.05, 4.69) is 6.92 Å². The summed E-state index contributed by atoms with van der Waals surface area (Å²) in [6, 6.07) is 0. The Kier molecular flexibility index (Phi) is 6.26. The zero-order valence-corrected chi connectivity index (χ0v) is 16.2. The molecular formula is C18H31F5O2S. The van der Waals surface area contributed by atoms with Crippen LogP contribution in [-0.4, -0.2) is 17.3 Å². The maximum atomic E-state index is 12.8. The fourth-order valence-corrected chi connectivity index (χ4v) is 5.39. The van der Waals surface area contributed by atoms with Gasteiger partial charge in [0.25, 0.3) is 10.2 Å². The first-order chi connectivity index (χ1) is 11.9. The Morgan fingerprint density at radius 2 is 1.46 bits per heavy atom. The summed E-state index contributed by atoms with van der Waals surface area (Å²) in [5.74, 6) is 0.108. The van der Waals surface area contributed by atoms with Crippen molar-refractivity contribution in [3.8, 4) is 0 Å². The molecule has 156 valence electrons. The molecule has 0 N–H and O–H groups in total. The molecule has 2 aliphatic rings. The first-order valence-corrected chi connectivity index (χ1v) is 11.8. The number of halogens is 5. The van der Waals surface area contributed by atoms with Crippen LogP contribution in [0.4, 0.5) is 19.4 Å². The van der Waals surface area contributed by atoms with Crippen molar-refractivity contribution in [3.63, 3.8) is 0 Å². The highest BCUT2D eigenvalue weighted by molar-refractivity contribution is 8.46. The molecule has 2 nitrogen and oxygen atoms in total. The molecule has 2 fully saturated rings. The van der Waals surface area contributed by atoms with Crippen LogP contribution in [0.1, 0.15) is 84.0 Å². The van der Waals surface area contributed by atoms with E-state index >= 15 is 0 Å². The fraction of sp³-hybridized carbons (Fsp3) is 0.944. The lowest BCUT2D eigenvalue weighted by molar-refractivity contribution is -0.157. The number of carbonyl (C=O) groups is 1. The molecule has 8 heteroatoms. The van der Waals surface area contributed by atoms with Crippen molar-refractivity contribution >= 4 is 16.2 Å². The largest absolute Gasteiger partial charge is 0.462 e. The van der Waals surface area contributed by atoms with Gasteiger partial charge in [-0.3, -0.25) is 4.79 Å². The van der Waals surface area contributed by atoms with Crippen LogP contribution in [0.25, 0.3) is 0 Å². The summed E-state index contributed by atoms with van der Waals surface area (Å²) in [5, 5.41) is -2.54. The summed E-state index contributed by atoms with van der Waals surface area (Å²) in [6.45, 7) is 2.16. The number of hydrogen-bond acceptors (Lipinski definition) is 2. The van der Waals surface area contributed by atoms with Crippen molar-refractivity contribution in [1.82, 2.24) is 0 Å². The predicted octanol–water partition coefficient (Wildman–Crippen LogP) is 7.53. The molecule has 0 aromatic heterocycles. The van der Waals surface area contributed by atoms with E-state index in [4.69, 9.17) is 4.74 Å². The van der Waals surface area contributed by atoms with Crippen LogP contribution in [0, 0.1) is 11.8 Å². The Labute approximate surface area is 153 Å². The van der Waals surface area contributed by atoms with Crippen LogP contribution in [0.3, 0.4) is 0 Å². The minimum atomic E-state index is -9.43. The van der Waals surface area contributed by atoms with Gasteiger partial charge in [0.1, 0.15) is 6.10 Å². The maximum Gasteiger partial charge on any atom is 0.309 e. The monoisotopic (exact) mass is 406 g/mol. The summed E-state index contributed by atoms with van der Waals surface area (Å²) in [6.07, 6.45) is 6.09. The topological polar surface area (TPSA) is 26.3 Å². The van der Waals surface area contributed by atoms with Crippen LogP contribution in [0.2, 0.25) is 0 Å². The molecular weight excluding hydrogens is 375 g/mol. The summed E-state index contributed by atoms with van der Waals surface area (Å²) in [5.41, 5.74) is 0. The lowest BCUT2D eigenvalue weighted by Gasteiger charge is -2.49. The second-order valence-corrected chi connectivity index (χ2v) is 10.8. The number of esters is 1. The molecule has 26 heavy (non-hydrogen) atoms. The molecule has 0 saturated heterocycles. The highest BCUT2D eigenvalue weighted by Crippen LogP contribution is 3.01. The van der Waals surface area contributed by atoms with E-state index in [1.165, 1.54) is 25.7 Å². The van der Waals surface area contributed by atoms with E-state index in [-0.39, 0.29) is 24.7 Å². The zero-order chi connectivity index (χ0) is 19.5. The third kappa shape index (κ3) is 6.57. The fourth-order valence-electron chi connectivity index (χ4n) is 4.23. The van der Waals surface area contributed by atoms with Crippen molar-refractivity contribution in [2.24, 2.45) is 11.8 Å². The second-order valence-electron chi connectivity index (χ2n) is 8.08. The van der Waals surface area contributed by atoms with Gasteiger partial charge in [0.2, 0.25) is 0 Å². The Hall–Kier alpha value is -0.530. The molecule has 0 spiro atoms. The van der Waals surface area contributed by atoms with Gasteiger partial charge in [-0.1, -0.05) is 52.0 Å². The Morgan fingerprint density at radius 1 is 0.885 bits per heavy atom. The van der Waals surface area contributed by atoms with E-state index in [9.17, 15) is 24.2 Å². The Bertz CT molecular complexity index is 477. The van der Waals surface area contributed by atoms with E-state index in [1.54, 1.807) is 0 Å². The third-order valence-electron chi connectivity index (χ3n) is 5.93. The van der Waals surface area contributed by atoms with Gasteiger partial charge in [-0.2, -0.15) is 0 Å². The molecule has 0 unspecified atom stereocenters. The van der Waals surface area contributed by atoms with E-state index < -0.39 is 34.4 Å². The molecule has 2 saturated carbocycles. The quantitative estimate of drug-likeness (QED) is 0.248. The van der Waals surface area contributed by atoms with Crippen molar-refractivity contribution in [3.05, 3.63) is 0 Å². The van der Waals surface area contributed by atoms with Crippen LogP contribution < -0.4 is 0 Å². The number of rotatable bonds is 7. The summed E-state index contributed by atoms with van der Waals surface area (Å²) < 4.78 is 69.5. The van der Waals surface area contributed by atoms with Crippen LogP contribution in [0.15, 0.2) is 0 Å². The molecule has 0 aromatic rings. The average Bonchev–Trinajstić information content (AvgIpc) is 2.54. The lowest BCUT2D eigenvalue weighted by atomic mass is 9.79. The van der Waals surface area contributed by atoms with Crippen LogP contribution in [0.5, 0.6) is 0 Å². The van der Waals surface area contributed by atoms with Crippen molar-refractivity contribution in [2.75, 3.05) is 0 Å². The van der Waals surface area contributed by atoms with E-state index in [0.717, 1.165) is 25.7 Å². The van der Waals surface area contributed by atoms with E-state index in [1.807, 2.05) is 0 Å². The van der Waals surface area contributed by atoms with Gasteiger partial charge in [0.05, 0.1) is 11.2 Å². The SMILES string of the molecule is CCCCCC1CCC(C(=O)OC2CCC(S(F)(F)(F)(F)F)CC2)CC1. The smallest absolute Gasteiger partial charge is 0.309 e. The van der Waals surface area contributed by atoms with Gasteiger partial charge in [-0.15, -0.1) is 0 Å². The molecule has 0 aromatic carbocycles. The molecule has 2 aliphatic carbocycles. The van der Waals surface area contributed by atoms with Gasteiger partial charge in [-0.05, 0) is 57.3 Å². The summed E-state index contributed by atoms with van der Waals surface area (Å²) in [7, 11) is -9.43. The second kappa shape index (κ2) is 7.47. The standard InChI is InChI=1S/C18H31F5O2S/c1-2-3-4-5-14-6-8-15(9-7-14)18(24)25-16-10-12-17(13-11-16)26(19,20,21,22)23/h14-17H,2-13H2,1H3. The number of carbonyl (C=O) groups excluding carboxylic acids is 1. The molecule has 0 aliphatic heterocycles. The van der Waals surface area contributed by atoms with Gasteiger partial charge < -0.3 is 4.74 Å². The minimum Gasteiger partial charge on any atom is -0.462 e. The average molecular weight is 407 g/mol. The molecule has 0 atom stereocenters. The third-order valence-corrected chi connectivity index (χ3v) is 7.66. The molecule has 2 rings (SSSR count). The first-order valence-electron chi connectivity index (χ1n) is 9.82.